The highest BCUT2D eigenvalue weighted by Gasteiger charge is 2.24. The summed E-state index contributed by atoms with van der Waals surface area (Å²) in [6.45, 7) is 3.23. The quantitative estimate of drug-likeness (QED) is 0.784. The van der Waals surface area contributed by atoms with E-state index in [1.807, 2.05) is 30.3 Å². The number of ether oxygens (including phenoxy) is 1. The van der Waals surface area contributed by atoms with Crippen LogP contribution in [0.1, 0.15) is 17.2 Å². The summed E-state index contributed by atoms with van der Waals surface area (Å²) in [6, 6.07) is 16.9. The van der Waals surface area contributed by atoms with E-state index in [4.69, 9.17) is 16.3 Å². The number of nitrogens with zero attached hydrogens (tertiary/aromatic N) is 1. The van der Waals surface area contributed by atoms with Crippen molar-refractivity contribution in [2.24, 2.45) is 0 Å². The minimum atomic E-state index is -3.46. The zero-order valence-corrected chi connectivity index (χ0v) is 16.0. The third-order valence-corrected chi connectivity index (χ3v) is 5.97. The smallest absolute Gasteiger partial charge is 0.215 e. The molecule has 0 bridgehead atoms. The fourth-order valence-electron chi connectivity index (χ4n) is 3.13. The van der Waals surface area contributed by atoms with Gasteiger partial charge in [0.25, 0.3) is 0 Å². The monoisotopic (exact) mass is 394 g/mol. The van der Waals surface area contributed by atoms with Gasteiger partial charge in [-0.2, -0.15) is 0 Å². The van der Waals surface area contributed by atoms with Crippen LogP contribution in [0, 0.1) is 0 Å². The normalized spacial score (nSPS) is 17.1. The van der Waals surface area contributed by atoms with E-state index < -0.39 is 10.0 Å². The molecule has 0 spiro atoms. The minimum Gasteiger partial charge on any atom is -0.379 e. The van der Waals surface area contributed by atoms with Crippen molar-refractivity contribution in [3.8, 4) is 0 Å². The summed E-state index contributed by atoms with van der Waals surface area (Å²) in [5.41, 5.74) is 1.77. The summed E-state index contributed by atoms with van der Waals surface area (Å²) in [6.07, 6.45) is 0. The van der Waals surface area contributed by atoms with Crippen molar-refractivity contribution < 1.29 is 13.2 Å². The molecule has 140 valence electrons. The van der Waals surface area contributed by atoms with Gasteiger partial charge in [0.15, 0.2) is 0 Å². The third kappa shape index (κ3) is 5.53. The maximum atomic E-state index is 12.5. The molecule has 1 aliphatic heterocycles. The van der Waals surface area contributed by atoms with Crippen LogP contribution in [0.3, 0.4) is 0 Å². The highest BCUT2D eigenvalue weighted by molar-refractivity contribution is 7.88. The van der Waals surface area contributed by atoms with Crippen LogP contribution in [-0.4, -0.2) is 46.2 Å². The van der Waals surface area contributed by atoms with E-state index in [9.17, 15) is 8.42 Å². The second-order valence-electron chi connectivity index (χ2n) is 6.31. The van der Waals surface area contributed by atoms with Gasteiger partial charge in [0, 0.05) is 30.7 Å². The summed E-state index contributed by atoms with van der Waals surface area (Å²) in [5.74, 6) is -0.0851. The molecule has 0 unspecified atom stereocenters. The Kier molecular flexibility index (Phi) is 6.67. The molecule has 1 saturated heterocycles. The van der Waals surface area contributed by atoms with E-state index in [1.54, 1.807) is 24.3 Å². The number of nitrogens with one attached hydrogen (secondary N) is 1. The summed E-state index contributed by atoms with van der Waals surface area (Å²) in [7, 11) is -3.46. The van der Waals surface area contributed by atoms with Crippen molar-refractivity contribution in [1.29, 1.82) is 0 Å². The lowest BCUT2D eigenvalue weighted by atomic mass is 10.1. The second kappa shape index (κ2) is 8.97. The molecule has 1 fully saturated rings. The maximum absolute atomic E-state index is 12.5. The van der Waals surface area contributed by atoms with E-state index in [0.717, 1.165) is 18.7 Å². The van der Waals surface area contributed by atoms with Crippen LogP contribution in [0.15, 0.2) is 54.6 Å². The van der Waals surface area contributed by atoms with Gasteiger partial charge in [-0.15, -0.1) is 0 Å². The average Bonchev–Trinajstić information content (AvgIpc) is 2.63. The van der Waals surface area contributed by atoms with Crippen molar-refractivity contribution in [3.05, 3.63) is 70.7 Å². The van der Waals surface area contributed by atoms with Crippen molar-refractivity contribution in [2.45, 2.75) is 11.8 Å². The first kappa shape index (κ1) is 19.3. The molecule has 1 heterocycles. The van der Waals surface area contributed by atoms with E-state index in [1.165, 1.54) is 0 Å². The number of sulfonamides is 1. The van der Waals surface area contributed by atoms with Gasteiger partial charge in [0.05, 0.1) is 19.0 Å². The van der Waals surface area contributed by atoms with E-state index in [2.05, 4.69) is 9.62 Å². The number of morpholine rings is 1. The highest BCUT2D eigenvalue weighted by atomic mass is 35.5. The Bertz CT molecular complexity index is 809. The molecular weight excluding hydrogens is 372 g/mol. The molecule has 0 aromatic heterocycles. The first-order valence-electron chi connectivity index (χ1n) is 8.62. The van der Waals surface area contributed by atoms with Gasteiger partial charge >= 0.3 is 0 Å². The molecule has 2 aromatic rings. The number of rotatable bonds is 7. The van der Waals surface area contributed by atoms with Crippen molar-refractivity contribution in [3.63, 3.8) is 0 Å². The Morgan fingerprint density at radius 3 is 2.50 bits per heavy atom. The van der Waals surface area contributed by atoms with Gasteiger partial charge in [-0.3, -0.25) is 4.90 Å². The molecule has 3 rings (SSSR count). The topological polar surface area (TPSA) is 58.6 Å². The van der Waals surface area contributed by atoms with E-state index in [0.29, 0.717) is 30.3 Å². The predicted octanol–water partition coefficient (Wildman–Crippen LogP) is 2.83. The fourth-order valence-corrected chi connectivity index (χ4v) is 4.47. The van der Waals surface area contributed by atoms with Gasteiger partial charge in [0.2, 0.25) is 10.0 Å². The summed E-state index contributed by atoms with van der Waals surface area (Å²) < 4.78 is 33.3. The lowest BCUT2D eigenvalue weighted by Crippen LogP contribution is -2.44. The van der Waals surface area contributed by atoms with Gasteiger partial charge < -0.3 is 4.74 Å². The van der Waals surface area contributed by atoms with Crippen LogP contribution >= 0.6 is 11.6 Å². The molecule has 1 atom stereocenters. The lowest BCUT2D eigenvalue weighted by molar-refractivity contribution is 0.0172. The molecule has 0 saturated carbocycles. The fraction of sp³-hybridized carbons (Fsp3) is 0.368. The van der Waals surface area contributed by atoms with Gasteiger partial charge in [0.1, 0.15) is 0 Å². The molecule has 0 aliphatic carbocycles. The van der Waals surface area contributed by atoms with E-state index >= 15 is 0 Å². The minimum absolute atomic E-state index is 0.0192. The van der Waals surface area contributed by atoms with Crippen LogP contribution in [0.2, 0.25) is 5.02 Å². The van der Waals surface area contributed by atoms with Gasteiger partial charge in [-0.05, 0) is 23.3 Å². The molecule has 2 aromatic carbocycles. The molecule has 7 heteroatoms. The molecule has 0 amide bonds. The zero-order valence-electron chi connectivity index (χ0n) is 14.5. The van der Waals surface area contributed by atoms with Gasteiger partial charge in [-0.25, -0.2) is 13.1 Å². The molecule has 26 heavy (non-hydrogen) atoms. The second-order valence-corrected chi connectivity index (χ2v) is 8.56. The molecule has 0 radical (unpaired) electrons. The number of halogens is 1. The zero-order chi connectivity index (χ0) is 18.4. The summed E-state index contributed by atoms with van der Waals surface area (Å²) >= 11 is 5.95. The molecule has 1 aliphatic rings. The third-order valence-electron chi connectivity index (χ3n) is 4.41. The Labute approximate surface area is 160 Å². The van der Waals surface area contributed by atoms with Crippen molar-refractivity contribution in [2.75, 3.05) is 32.8 Å². The lowest BCUT2D eigenvalue weighted by Gasteiger charge is -2.34. The Morgan fingerprint density at radius 1 is 1.08 bits per heavy atom. The van der Waals surface area contributed by atoms with Crippen LogP contribution in [-0.2, 0) is 20.5 Å². The number of hydrogen-bond acceptors (Lipinski definition) is 4. The Morgan fingerprint density at radius 2 is 1.81 bits per heavy atom. The summed E-state index contributed by atoms with van der Waals surface area (Å²) in [5, 5.41) is 0.535. The molecule has 5 nitrogen and oxygen atoms in total. The maximum Gasteiger partial charge on any atom is 0.215 e. The Hall–Kier alpha value is -1.44. The summed E-state index contributed by atoms with van der Waals surface area (Å²) in [4.78, 5) is 2.26. The van der Waals surface area contributed by atoms with Crippen molar-refractivity contribution >= 4 is 21.6 Å². The Balaban J connectivity index is 1.70. The number of hydrogen-bond donors (Lipinski definition) is 1. The standard InChI is InChI=1S/C19H23ClN2O3S/c20-18-8-4-5-16(13-18)15-26(23,24)21-14-19(17-6-2-1-3-7-17)22-9-11-25-12-10-22/h1-8,13,19,21H,9-12,14-15H2/t19-/m0/s1. The largest absolute Gasteiger partial charge is 0.379 e. The van der Waals surface area contributed by atoms with Crippen LogP contribution in [0.25, 0.3) is 0 Å². The highest BCUT2D eigenvalue weighted by Crippen LogP contribution is 2.21. The predicted molar refractivity (Wildman–Crippen MR) is 104 cm³/mol. The average molecular weight is 395 g/mol. The number of benzene rings is 2. The van der Waals surface area contributed by atoms with E-state index in [-0.39, 0.29) is 11.8 Å². The molecule has 1 N–H and O–H groups in total. The molecular formula is C19H23ClN2O3S. The first-order chi connectivity index (χ1) is 12.5. The van der Waals surface area contributed by atoms with Gasteiger partial charge in [-0.1, -0.05) is 54.1 Å². The SMILES string of the molecule is O=S(=O)(Cc1cccc(Cl)c1)NC[C@@H](c1ccccc1)N1CCOCC1. The van der Waals surface area contributed by atoms with Crippen LogP contribution < -0.4 is 4.72 Å². The van der Waals surface area contributed by atoms with Crippen LogP contribution in [0.4, 0.5) is 0 Å². The first-order valence-corrected chi connectivity index (χ1v) is 10.6. The van der Waals surface area contributed by atoms with Crippen molar-refractivity contribution in [1.82, 2.24) is 9.62 Å². The van der Waals surface area contributed by atoms with Crippen LogP contribution in [0.5, 0.6) is 0 Å².